The second-order valence-corrected chi connectivity index (χ2v) is 21.2. The van der Waals surface area contributed by atoms with Crippen molar-refractivity contribution < 1.29 is 28.7 Å². The third-order valence-corrected chi connectivity index (χ3v) is 16.3. The smallest absolute Gasteiger partial charge is 0.269 e. The molecule has 0 N–H and O–H groups in total. The molecule has 4 saturated carbocycles. The van der Waals surface area contributed by atoms with Gasteiger partial charge in [-0.1, -0.05) is 89.5 Å². The number of hydrogen-bond acceptors (Lipinski definition) is 6. The number of hydrogen-bond donors (Lipinski definition) is 0. The van der Waals surface area contributed by atoms with E-state index in [0.717, 1.165) is 88.2 Å². The maximum absolute atomic E-state index is 15.6. The molecule has 2 aliphatic heterocycles. The van der Waals surface area contributed by atoms with E-state index in [9.17, 15) is 0 Å². The molecule has 6 aliphatic rings. The lowest BCUT2D eigenvalue weighted by Gasteiger charge is -2.37. The summed E-state index contributed by atoms with van der Waals surface area (Å²) in [5.74, 6) is -0.0631. The minimum Gasteiger partial charge on any atom is -0.487 e. The fourth-order valence-corrected chi connectivity index (χ4v) is 12.0. The van der Waals surface area contributed by atoms with Gasteiger partial charge in [-0.15, -0.1) is 0 Å². The van der Waals surface area contributed by atoms with E-state index in [4.69, 9.17) is 9.47 Å². The Labute approximate surface area is 379 Å². The largest absolute Gasteiger partial charge is 0.487 e. The van der Waals surface area contributed by atoms with E-state index in [1.807, 2.05) is 53.7 Å². The molecule has 0 bridgehead atoms. The number of ether oxygens (including phenoxy) is 2. The topological polar surface area (TPSA) is 93.2 Å². The van der Waals surface area contributed by atoms with Crippen LogP contribution in [0, 0.1) is 0 Å². The monoisotopic (exact) mass is 862 g/mol. The molecule has 4 aromatic rings. The van der Waals surface area contributed by atoms with Crippen LogP contribution < -0.4 is 19.3 Å². The van der Waals surface area contributed by atoms with Gasteiger partial charge in [-0.25, -0.2) is 9.80 Å². The molecule has 4 amide bonds. The van der Waals surface area contributed by atoms with Crippen molar-refractivity contribution in [2.45, 2.75) is 192 Å². The molecule has 4 fully saturated rings. The predicted molar refractivity (Wildman–Crippen MR) is 254 cm³/mol. The first-order valence-electron chi connectivity index (χ1n) is 24.9. The third-order valence-electron chi connectivity index (χ3n) is 16.3. The van der Waals surface area contributed by atoms with Gasteiger partial charge >= 0.3 is 0 Å². The minimum absolute atomic E-state index is 0.205. The first-order valence-corrected chi connectivity index (χ1v) is 24.9. The fraction of sp³-hybridized carbons (Fsp3) is 0.536. The molecule has 0 aromatic heterocycles. The van der Waals surface area contributed by atoms with Crippen LogP contribution in [0.15, 0.2) is 48.5 Å². The van der Waals surface area contributed by atoms with Gasteiger partial charge in [0.05, 0.1) is 33.6 Å². The SMILES string of the molecule is CCC(C)(C)Oc1cc2c3c(c(OC(C)(C)CC)cc4c3c1C(=O)N(c1ccc(C3CCCC3)cc1C1CCCC1)C4=O)C(=O)N(c1ccc(C3CCCC3)cc1C1CCCC1)C2=O. The number of imide groups is 2. The van der Waals surface area contributed by atoms with E-state index in [1.165, 1.54) is 46.6 Å². The van der Waals surface area contributed by atoms with E-state index in [1.54, 1.807) is 12.1 Å². The van der Waals surface area contributed by atoms with Crippen molar-refractivity contribution >= 4 is 45.8 Å². The summed E-state index contributed by atoms with van der Waals surface area (Å²) in [5.41, 5.74) is 5.32. The van der Waals surface area contributed by atoms with Crippen molar-refractivity contribution in [1.82, 2.24) is 0 Å². The highest BCUT2D eigenvalue weighted by Crippen LogP contribution is 2.52. The number of benzene rings is 4. The average molecular weight is 863 g/mol. The van der Waals surface area contributed by atoms with E-state index in [0.29, 0.717) is 46.8 Å². The Hall–Kier alpha value is -4.98. The fourth-order valence-electron chi connectivity index (χ4n) is 12.0. The summed E-state index contributed by atoms with van der Waals surface area (Å²) in [6.07, 6.45) is 19.2. The van der Waals surface area contributed by atoms with Crippen LogP contribution in [0.1, 0.15) is 244 Å². The van der Waals surface area contributed by atoms with Gasteiger partial charge in [0.25, 0.3) is 23.6 Å². The van der Waals surface area contributed by atoms with Gasteiger partial charge < -0.3 is 9.47 Å². The van der Waals surface area contributed by atoms with Crippen LogP contribution in [0.3, 0.4) is 0 Å². The molecule has 4 aliphatic carbocycles. The average Bonchev–Trinajstić information content (AvgIpc) is 4.14. The number of carbonyl (C=O) groups is 4. The molecule has 0 saturated heterocycles. The molecule has 10 rings (SSSR count). The molecular formula is C56H66N2O6. The maximum Gasteiger partial charge on any atom is 0.269 e. The summed E-state index contributed by atoms with van der Waals surface area (Å²) in [6.45, 7) is 11.9. The minimum atomic E-state index is -0.725. The molecule has 8 heteroatoms. The Kier molecular flexibility index (Phi) is 11.1. The van der Waals surface area contributed by atoms with Gasteiger partial charge in [0.1, 0.15) is 22.7 Å². The molecule has 0 atom stereocenters. The summed E-state index contributed by atoms with van der Waals surface area (Å²) in [4.78, 5) is 64.9. The van der Waals surface area contributed by atoms with Gasteiger partial charge in [-0.2, -0.15) is 0 Å². The molecule has 64 heavy (non-hydrogen) atoms. The van der Waals surface area contributed by atoms with Gasteiger partial charge in [0, 0.05) is 10.8 Å². The summed E-state index contributed by atoms with van der Waals surface area (Å²) in [6, 6.07) is 16.2. The number of carbonyl (C=O) groups excluding carboxylic acids is 4. The molecular weight excluding hydrogens is 797 g/mol. The molecule has 0 spiro atoms. The standard InChI is InChI=1S/C56H66N2O6/c1-7-55(3,4)63-45-31-41-48-47-42(52(60)57(53(61)49(45)47)43-27-25-37(33-17-9-10-18-33)29-39(43)35-21-13-14-22-35)32-46(64-56(5,6)8-2)50(48)54(62)58(51(41)59)44-28-26-38(34-19-11-12-20-34)30-40(44)36-23-15-16-24-36/h25-36H,7-24H2,1-6H3. The van der Waals surface area contributed by atoms with E-state index < -0.39 is 34.8 Å². The number of nitrogens with zero attached hydrogens (tertiary/aromatic N) is 2. The highest BCUT2D eigenvalue weighted by Gasteiger charge is 2.47. The van der Waals surface area contributed by atoms with Crippen molar-refractivity contribution in [3.05, 3.63) is 93.0 Å². The van der Waals surface area contributed by atoms with Crippen LogP contribution in [-0.4, -0.2) is 34.8 Å². The molecule has 336 valence electrons. The normalized spacial score (nSPS) is 20.2. The lowest BCUT2D eigenvalue weighted by molar-refractivity contribution is 0.0832. The summed E-state index contributed by atoms with van der Waals surface area (Å²) in [5, 5.41) is 0.586. The van der Waals surface area contributed by atoms with Crippen LogP contribution >= 0.6 is 0 Å². The highest BCUT2D eigenvalue weighted by molar-refractivity contribution is 6.43. The second-order valence-electron chi connectivity index (χ2n) is 21.2. The quantitative estimate of drug-likeness (QED) is 0.132. The van der Waals surface area contributed by atoms with Crippen molar-refractivity contribution in [3.8, 4) is 11.5 Å². The van der Waals surface area contributed by atoms with Crippen molar-refractivity contribution in [2.24, 2.45) is 0 Å². The van der Waals surface area contributed by atoms with Crippen LogP contribution in [0.2, 0.25) is 0 Å². The highest BCUT2D eigenvalue weighted by atomic mass is 16.5. The van der Waals surface area contributed by atoms with Gasteiger partial charge in [-0.05, 0) is 162 Å². The first kappa shape index (κ1) is 42.9. The third kappa shape index (κ3) is 7.26. The Balaban J connectivity index is 1.20. The summed E-state index contributed by atoms with van der Waals surface area (Å²) >= 11 is 0. The van der Waals surface area contributed by atoms with Crippen LogP contribution in [0.4, 0.5) is 11.4 Å². The van der Waals surface area contributed by atoms with Crippen LogP contribution in [0.25, 0.3) is 10.8 Å². The van der Waals surface area contributed by atoms with Crippen molar-refractivity contribution in [2.75, 3.05) is 9.80 Å². The maximum atomic E-state index is 15.6. The summed E-state index contributed by atoms with van der Waals surface area (Å²) in [7, 11) is 0. The second kappa shape index (κ2) is 16.5. The molecule has 4 aromatic carbocycles. The summed E-state index contributed by atoms with van der Waals surface area (Å²) < 4.78 is 13.7. The number of anilines is 2. The van der Waals surface area contributed by atoms with Gasteiger partial charge in [-0.3, -0.25) is 19.2 Å². The number of rotatable bonds is 12. The van der Waals surface area contributed by atoms with Crippen molar-refractivity contribution in [3.63, 3.8) is 0 Å². The Morgan fingerprint density at radius 3 is 1.12 bits per heavy atom. The van der Waals surface area contributed by atoms with E-state index in [-0.39, 0.29) is 45.6 Å². The predicted octanol–water partition coefficient (Wildman–Crippen LogP) is 14.2. The molecule has 0 radical (unpaired) electrons. The molecule has 0 unspecified atom stereocenters. The first-order chi connectivity index (χ1) is 30.8. The molecule has 8 nitrogen and oxygen atoms in total. The van der Waals surface area contributed by atoms with E-state index >= 15 is 19.2 Å². The van der Waals surface area contributed by atoms with Gasteiger partial charge in [0.2, 0.25) is 0 Å². The zero-order chi connectivity index (χ0) is 44.7. The Bertz CT molecular complexity index is 2380. The Morgan fingerprint density at radius 2 is 0.797 bits per heavy atom. The molecule has 2 heterocycles. The van der Waals surface area contributed by atoms with Gasteiger partial charge in [0.15, 0.2) is 0 Å². The van der Waals surface area contributed by atoms with E-state index in [2.05, 4.69) is 24.3 Å². The van der Waals surface area contributed by atoms with Crippen LogP contribution in [-0.2, 0) is 0 Å². The van der Waals surface area contributed by atoms with Crippen molar-refractivity contribution in [1.29, 1.82) is 0 Å². The zero-order valence-corrected chi connectivity index (χ0v) is 39.0. The Morgan fingerprint density at radius 1 is 0.469 bits per heavy atom. The van der Waals surface area contributed by atoms with Crippen LogP contribution in [0.5, 0.6) is 11.5 Å². The number of amides is 4. The zero-order valence-electron chi connectivity index (χ0n) is 39.0. The lowest BCUT2D eigenvalue weighted by atomic mass is 9.82. The lowest BCUT2D eigenvalue weighted by Crippen LogP contribution is -2.45.